The molecule has 0 aromatic rings. The van der Waals surface area contributed by atoms with Gasteiger partial charge in [-0.2, -0.15) is 0 Å². The topological polar surface area (TPSA) is 58.4 Å². The first-order valence-electron chi connectivity index (χ1n) is 5.38. The number of carbonyl (C=O) groups excluding carboxylic acids is 1. The highest BCUT2D eigenvalue weighted by molar-refractivity contribution is 5.75. The van der Waals surface area contributed by atoms with Gasteiger partial charge < -0.3 is 4.90 Å². The second-order valence-corrected chi connectivity index (χ2v) is 3.68. The van der Waals surface area contributed by atoms with Crippen LogP contribution in [0.1, 0.15) is 39.0 Å². The van der Waals surface area contributed by atoms with Crippen molar-refractivity contribution < 1.29 is 4.79 Å². The number of rotatable bonds is 8. The van der Waals surface area contributed by atoms with Gasteiger partial charge in [-0.3, -0.25) is 10.2 Å². The highest BCUT2D eigenvalue weighted by Gasteiger charge is 2.01. The molecule has 14 heavy (non-hydrogen) atoms. The molecule has 0 aromatic carbocycles. The lowest BCUT2D eigenvalue weighted by atomic mass is 10.2. The van der Waals surface area contributed by atoms with Crippen LogP contribution in [0.25, 0.3) is 0 Å². The SMILES string of the molecule is CCCCCN(C)CCCC(=O)NN. The quantitative estimate of drug-likeness (QED) is 0.265. The minimum Gasteiger partial charge on any atom is -0.306 e. The highest BCUT2D eigenvalue weighted by atomic mass is 16.2. The van der Waals surface area contributed by atoms with Crippen LogP contribution < -0.4 is 11.3 Å². The third-order valence-corrected chi connectivity index (χ3v) is 2.25. The number of carbonyl (C=O) groups is 1. The molecule has 4 nitrogen and oxygen atoms in total. The Labute approximate surface area is 86.8 Å². The second-order valence-electron chi connectivity index (χ2n) is 3.68. The van der Waals surface area contributed by atoms with E-state index in [0.717, 1.165) is 19.5 Å². The summed E-state index contributed by atoms with van der Waals surface area (Å²) >= 11 is 0. The van der Waals surface area contributed by atoms with Crippen LogP contribution in [0.2, 0.25) is 0 Å². The lowest BCUT2D eigenvalue weighted by molar-refractivity contribution is -0.121. The number of amides is 1. The Hall–Kier alpha value is -0.610. The summed E-state index contributed by atoms with van der Waals surface area (Å²) < 4.78 is 0. The Bertz CT molecular complexity index is 150. The predicted molar refractivity (Wildman–Crippen MR) is 58.6 cm³/mol. The van der Waals surface area contributed by atoms with Crippen LogP contribution in [0.5, 0.6) is 0 Å². The van der Waals surface area contributed by atoms with Crippen molar-refractivity contribution >= 4 is 5.91 Å². The minimum atomic E-state index is -0.0769. The van der Waals surface area contributed by atoms with Crippen molar-refractivity contribution in [1.29, 1.82) is 0 Å². The van der Waals surface area contributed by atoms with E-state index < -0.39 is 0 Å². The minimum absolute atomic E-state index is 0.0769. The fourth-order valence-corrected chi connectivity index (χ4v) is 1.33. The van der Waals surface area contributed by atoms with Crippen LogP contribution in [0.15, 0.2) is 0 Å². The summed E-state index contributed by atoms with van der Waals surface area (Å²) in [5, 5.41) is 0. The summed E-state index contributed by atoms with van der Waals surface area (Å²) in [7, 11) is 2.09. The Morgan fingerprint density at radius 1 is 1.29 bits per heavy atom. The Morgan fingerprint density at radius 2 is 1.93 bits per heavy atom. The maximum Gasteiger partial charge on any atom is 0.233 e. The first-order valence-corrected chi connectivity index (χ1v) is 5.38. The number of hydrogen-bond acceptors (Lipinski definition) is 3. The smallest absolute Gasteiger partial charge is 0.233 e. The summed E-state index contributed by atoms with van der Waals surface area (Å²) in [5.41, 5.74) is 2.13. The Morgan fingerprint density at radius 3 is 2.50 bits per heavy atom. The van der Waals surface area contributed by atoms with E-state index in [1.807, 2.05) is 0 Å². The van der Waals surface area contributed by atoms with E-state index in [2.05, 4.69) is 24.3 Å². The molecule has 3 N–H and O–H groups in total. The average molecular weight is 201 g/mol. The van der Waals surface area contributed by atoms with Gasteiger partial charge in [0.2, 0.25) is 5.91 Å². The van der Waals surface area contributed by atoms with Gasteiger partial charge in [-0.25, -0.2) is 5.84 Å². The van der Waals surface area contributed by atoms with E-state index in [0.29, 0.717) is 6.42 Å². The first-order chi connectivity index (χ1) is 6.70. The largest absolute Gasteiger partial charge is 0.306 e. The Balaban J connectivity index is 3.26. The molecule has 0 unspecified atom stereocenters. The Kier molecular flexibility index (Phi) is 8.57. The third-order valence-electron chi connectivity index (χ3n) is 2.25. The zero-order chi connectivity index (χ0) is 10.8. The van der Waals surface area contributed by atoms with Gasteiger partial charge in [0, 0.05) is 6.42 Å². The van der Waals surface area contributed by atoms with Crippen molar-refractivity contribution in [3.63, 3.8) is 0 Å². The molecule has 0 aliphatic carbocycles. The zero-order valence-corrected chi connectivity index (χ0v) is 9.38. The molecular formula is C10H23N3O. The van der Waals surface area contributed by atoms with Gasteiger partial charge in [0.15, 0.2) is 0 Å². The number of nitrogens with zero attached hydrogens (tertiary/aromatic N) is 1. The molecule has 0 aliphatic heterocycles. The van der Waals surface area contributed by atoms with Crippen LogP contribution in [0, 0.1) is 0 Å². The van der Waals surface area contributed by atoms with Crippen molar-refractivity contribution in [2.24, 2.45) is 5.84 Å². The predicted octanol–water partition coefficient (Wildman–Crippen LogP) is 0.879. The van der Waals surface area contributed by atoms with E-state index in [1.165, 1.54) is 19.3 Å². The van der Waals surface area contributed by atoms with E-state index >= 15 is 0 Å². The van der Waals surface area contributed by atoms with Crippen LogP contribution in [0.3, 0.4) is 0 Å². The molecular weight excluding hydrogens is 178 g/mol. The summed E-state index contributed by atoms with van der Waals surface area (Å²) in [6.45, 7) is 4.29. The number of nitrogens with two attached hydrogens (primary N) is 1. The van der Waals surface area contributed by atoms with Gasteiger partial charge in [0.25, 0.3) is 0 Å². The van der Waals surface area contributed by atoms with Gasteiger partial charge in [0.1, 0.15) is 0 Å². The molecule has 84 valence electrons. The lowest BCUT2D eigenvalue weighted by Gasteiger charge is -2.15. The maximum absolute atomic E-state index is 10.8. The van der Waals surface area contributed by atoms with Crippen LogP contribution >= 0.6 is 0 Å². The second kappa shape index (κ2) is 8.97. The summed E-state index contributed by atoms with van der Waals surface area (Å²) in [4.78, 5) is 13.1. The zero-order valence-electron chi connectivity index (χ0n) is 9.38. The van der Waals surface area contributed by atoms with Crippen LogP contribution in [0.4, 0.5) is 0 Å². The van der Waals surface area contributed by atoms with Crippen LogP contribution in [-0.4, -0.2) is 30.9 Å². The van der Waals surface area contributed by atoms with Crippen molar-refractivity contribution in [1.82, 2.24) is 10.3 Å². The molecule has 1 amide bonds. The fraction of sp³-hybridized carbons (Fsp3) is 0.900. The molecule has 0 bridgehead atoms. The number of nitrogens with one attached hydrogen (secondary N) is 1. The van der Waals surface area contributed by atoms with Gasteiger partial charge >= 0.3 is 0 Å². The number of hydrogen-bond donors (Lipinski definition) is 2. The molecule has 0 heterocycles. The summed E-state index contributed by atoms with van der Waals surface area (Å²) in [5.74, 6) is 4.90. The molecule has 0 radical (unpaired) electrons. The monoisotopic (exact) mass is 201 g/mol. The van der Waals surface area contributed by atoms with Crippen molar-refractivity contribution in [2.75, 3.05) is 20.1 Å². The standard InChI is InChI=1S/C10H23N3O/c1-3-4-5-8-13(2)9-6-7-10(14)12-11/h3-9,11H2,1-2H3,(H,12,14). The first kappa shape index (κ1) is 13.4. The molecule has 0 saturated heterocycles. The molecule has 0 rings (SSSR count). The summed E-state index contributed by atoms with van der Waals surface area (Å²) in [6.07, 6.45) is 5.19. The van der Waals surface area contributed by atoms with E-state index in [9.17, 15) is 4.79 Å². The van der Waals surface area contributed by atoms with Gasteiger partial charge in [-0.15, -0.1) is 0 Å². The van der Waals surface area contributed by atoms with Crippen molar-refractivity contribution in [2.45, 2.75) is 39.0 Å². The highest BCUT2D eigenvalue weighted by Crippen LogP contribution is 1.98. The van der Waals surface area contributed by atoms with Crippen LogP contribution in [-0.2, 0) is 4.79 Å². The molecule has 0 spiro atoms. The summed E-state index contributed by atoms with van der Waals surface area (Å²) in [6, 6.07) is 0. The average Bonchev–Trinajstić information content (AvgIpc) is 2.18. The van der Waals surface area contributed by atoms with Gasteiger partial charge in [-0.1, -0.05) is 19.8 Å². The number of unbranched alkanes of at least 4 members (excludes halogenated alkanes) is 2. The molecule has 0 aliphatic rings. The van der Waals surface area contributed by atoms with Gasteiger partial charge in [-0.05, 0) is 33.0 Å². The van der Waals surface area contributed by atoms with E-state index in [-0.39, 0.29) is 5.91 Å². The number of hydrazine groups is 1. The maximum atomic E-state index is 10.8. The fourth-order valence-electron chi connectivity index (χ4n) is 1.33. The molecule has 0 atom stereocenters. The molecule has 0 aromatic heterocycles. The van der Waals surface area contributed by atoms with Gasteiger partial charge in [0.05, 0.1) is 0 Å². The third kappa shape index (κ3) is 8.01. The van der Waals surface area contributed by atoms with E-state index in [4.69, 9.17) is 5.84 Å². The molecule has 4 heteroatoms. The van der Waals surface area contributed by atoms with E-state index in [1.54, 1.807) is 0 Å². The molecule has 0 fully saturated rings. The lowest BCUT2D eigenvalue weighted by Crippen LogP contribution is -2.30. The molecule has 0 saturated carbocycles. The normalized spacial score (nSPS) is 10.6. The van der Waals surface area contributed by atoms with Crippen molar-refractivity contribution in [3.8, 4) is 0 Å². The van der Waals surface area contributed by atoms with Crippen molar-refractivity contribution in [3.05, 3.63) is 0 Å².